The number of fused-ring (bicyclic) bond motifs is 1. The summed E-state index contributed by atoms with van der Waals surface area (Å²) in [5.41, 5.74) is 3.91. The highest BCUT2D eigenvalue weighted by Crippen LogP contribution is 2.25. The Labute approximate surface area is 114 Å². The Hall–Kier alpha value is -1.58. The second-order valence-electron chi connectivity index (χ2n) is 5.83. The van der Waals surface area contributed by atoms with Gasteiger partial charge in [-0.3, -0.25) is 9.48 Å². The molecular formula is C15H23N3O. The summed E-state index contributed by atoms with van der Waals surface area (Å²) in [6.45, 7) is 14.4. The van der Waals surface area contributed by atoms with Gasteiger partial charge in [0.15, 0.2) is 5.52 Å². The minimum Gasteiger partial charge on any atom is -0.308 e. The van der Waals surface area contributed by atoms with E-state index in [0.29, 0.717) is 5.52 Å². The molecule has 0 aliphatic carbocycles. The van der Waals surface area contributed by atoms with Gasteiger partial charge < -0.3 is 4.57 Å². The number of nitrogens with zero attached hydrogens (tertiary/aromatic N) is 3. The molecule has 104 valence electrons. The standard InChI is InChI=1S/C15H23N3O/c1-8(2)17-11(6)10(5)13-12(7)18(9(3)4)16-14(13)15(17)19/h8-9H,1-7H3. The molecule has 0 radical (unpaired) electrons. The molecule has 0 fully saturated rings. The fraction of sp³-hybridized carbons (Fsp3) is 0.600. The van der Waals surface area contributed by atoms with Crippen LogP contribution in [0.25, 0.3) is 10.9 Å². The monoisotopic (exact) mass is 261 g/mol. The SMILES string of the molecule is Cc1c(C)n(C(C)C)c(=O)c2nn(C(C)C)c(C)c12. The number of aromatic nitrogens is 3. The van der Waals surface area contributed by atoms with Gasteiger partial charge in [-0.2, -0.15) is 5.10 Å². The normalized spacial score (nSPS) is 12.1. The van der Waals surface area contributed by atoms with Gasteiger partial charge in [0.05, 0.1) is 0 Å². The Morgan fingerprint density at radius 2 is 1.53 bits per heavy atom. The van der Waals surface area contributed by atoms with Gasteiger partial charge in [0.25, 0.3) is 5.56 Å². The predicted molar refractivity (Wildman–Crippen MR) is 79.0 cm³/mol. The molecule has 0 aromatic carbocycles. The maximum Gasteiger partial charge on any atom is 0.279 e. The first-order valence-corrected chi connectivity index (χ1v) is 6.87. The molecular weight excluding hydrogens is 238 g/mol. The molecule has 19 heavy (non-hydrogen) atoms. The van der Waals surface area contributed by atoms with E-state index in [2.05, 4.69) is 25.9 Å². The fourth-order valence-corrected chi connectivity index (χ4v) is 2.87. The summed E-state index contributed by atoms with van der Waals surface area (Å²) in [5.74, 6) is 0. The predicted octanol–water partition coefficient (Wildman–Crippen LogP) is 3.29. The Kier molecular flexibility index (Phi) is 3.29. The van der Waals surface area contributed by atoms with Gasteiger partial charge in [0.2, 0.25) is 0 Å². The lowest BCUT2D eigenvalue weighted by Crippen LogP contribution is -2.25. The van der Waals surface area contributed by atoms with Crippen molar-refractivity contribution in [3.8, 4) is 0 Å². The largest absolute Gasteiger partial charge is 0.308 e. The lowest BCUT2D eigenvalue weighted by Gasteiger charge is -2.16. The Morgan fingerprint density at radius 3 is 2.00 bits per heavy atom. The third kappa shape index (κ3) is 1.90. The van der Waals surface area contributed by atoms with Crippen LogP contribution < -0.4 is 5.56 Å². The van der Waals surface area contributed by atoms with Crippen LogP contribution in [0.15, 0.2) is 4.79 Å². The van der Waals surface area contributed by atoms with Crippen LogP contribution in [0, 0.1) is 20.8 Å². The van der Waals surface area contributed by atoms with Crippen molar-refractivity contribution < 1.29 is 0 Å². The minimum atomic E-state index is 0.0237. The summed E-state index contributed by atoms with van der Waals surface area (Å²) in [6, 6.07) is 0.416. The van der Waals surface area contributed by atoms with Crippen LogP contribution in [-0.4, -0.2) is 14.3 Å². The lowest BCUT2D eigenvalue weighted by molar-refractivity contribution is 0.522. The number of pyridine rings is 1. The molecule has 0 unspecified atom stereocenters. The van der Waals surface area contributed by atoms with Gasteiger partial charge in [0, 0.05) is 28.9 Å². The Balaban J connectivity index is 2.99. The van der Waals surface area contributed by atoms with Crippen LogP contribution >= 0.6 is 0 Å². The zero-order chi connectivity index (χ0) is 14.5. The Bertz CT molecular complexity index is 690. The molecule has 4 nitrogen and oxygen atoms in total. The second kappa shape index (κ2) is 4.51. The first-order valence-electron chi connectivity index (χ1n) is 6.87. The summed E-state index contributed by atoms with van der Waals surface area (Å²) in [4.78, 5) is 12.6. The van der Waals surface area contributed by atoms with Gasteiger partial charge in [-0.1, -0.05) is 0 Å². The van der Waals surface area contributed by atoms with Gasteiger partial charge in [-0.05, 0) is 54.0 Å². The van der Waals surface area contributed by atoms with Crippen LogP contribution in [0.4, 0.5) is 0 Å². The molecule has 0 aliphatic heterocycles. The Morgan fingerprint density at radius 1 is 0.947 bits per heavy atom. The average Bonchev–Trinajstić information content (AvgIpc) is 2.64. The number of hydrogen-bond donors (Lipinski definition) is 0. The molecule has 0 aliphatic rings. The molecule has 2 aromatic rings. The van der Waals surface area contributed by atoms with E-state index in [-0.39, 0.29) is 17.6 Å². The minimum absolute atomic E-state index is 0.0237. The molecule has 0 N–H and O–H groups in total. The molecule has 0 amide bonds. The van der Waals surface area contributed by atoms with Crippen molar-refractivity contribution >= 4 is 10.9 Å². The molecule has 0 spiro atoms. The summed E-state index contributed by atoms with van der Waals surface area (Å²) in [6.07, 6.45) is 0. The molecule has 0 saturated carbocycles. The van der Waals surface area contributed by atoms with E-state index in [1.807, 2.05) is 36.9 Å². The van der Waals surface area contributed by atoms with Crippen LogP contribution in [-0.2, 0) is 0 Å². The van der Waals surface area contributed by atoms with Crippen LogP contribution in [0.5, 0.6) is 0 Å². The van der Waals surface area contributed by atoms with E-state index in [9.17, 15) is 4.79 Å². The smallest absolute Gasteiger partial charge is 0.279 e. The quantitative estimate of drug-likeness (QED) is 0.832. The van der Waals surface area contributed by atoms with Crippen molar-refractivity contribution in [2.24, 2.45) is 0 Å². The van der Waals surface area contributed by atoms with E-state index in [0.717, 1.165) is 22.3 Å². The zero-order valence-corrected chi connectivity index (χ0v) is 12.9. The van der Waals surface area contributed by atoms with Gasteiger partial charge in [-0.15, -0.1) is 0 Å². The van der Waals surface area contributed by atoms with Crippen LogP contribution in [0.3, 0.4) is 0 Å². The molecule has 2 heterocycles. The van der Waals surface area contributed by atoms with Crippen molar-refractivity contribution in [1.82, 2.24) is 14.3 Å². The number of aryl methyl sites for hydroxylation is 2. The molecule has 0 saturated heterocycles. The maximum absolute atomic E-state index is 12.6. The molecule has 0 bridgehead atoms. The van der Waals surface area contributed by atoms with E-state index in [1.54, 1.807) is 0 Å². The van der Waals surface area contributed by atoms with Gasteiger partial charge >= 0.3 is 0 Å². The highest BCUT2D eigenvalue weighted by atomic mass is 16.1. The topological polar surface area (TPSA) is 39.8 Å². The highest BCUT2D eigenvalue weighted by Gasteiger charge is 2.19. The first-order chi connectivity index (χ1) is 8.77. The molecule has 2 rings (SSSR count). The fourth-order valence-electron chi connectivity index (χ4n) is 2.87. The summed E-state index contributed by atoms with van der Waals surface area (Å²) in [5, 5.41) is 5.56. The second-order valence-corrected chi connectivity index (χ2v) is 5.83. The lowest BCUT2D eigenvalue weighted by atomic mass is 10.1. The molecule has 4 heteroatoms. The molecule has 2 aromatic heterocycles. The van der Waals surface area contributed by atoms with E-state index in [4.69, 9.17) is 0 Å². The van der Waals surface area contributed by atoms with Crippen molar-refractivity contribution in [3.63, 3.8) is 0 Å². The maximum atomic E-state index is 12.6. The van der Waals surface area contributed by atoms with Crippen molar-refractivity contribution in [1.29, 1.82) is 0 Å². The van der Waals surface area contributed by atoms with E-state index >= 15 is 0 Å². The summed E-state index contributed by atoms with van der Waals surface area (Å²) in [7, 11) is 0. The van der Waals surface area contributed by atoms with Crippen molar-refractivity contribution in [2.75, 3.05) is 0 Å². The van der Waals surface area contributed by atoms with Crippen molar-refractivity contribution in [3.05, 3.63) is 27.3 Å². The van der Waals surface area contributed by atoms with E-state index in [1.165, 1.54) is 0 Å². The zero-order valence-electron chi connectivity index (χ0n) is 12.9. The van der Waals surface area contributed by atoms with E-state index < -0.39 is 0 Å². The van der Waals surface area contributed by atoms with Crippen LogP contribution in [0.1, 0.15) is 56.7 Å². The summed E-state index contributed by atoms with van der Waals surface area (Å²) < 4.78 is 3.79. The van der Waals surface area contributed by atoms with Gasteiger partial charge in [-0.25, -0.2) is 0 Å². The third-order valence-electron chi connectivity index (χ3n) is 3.86. The number of rotatable bonds is 2. The van der Waals surface area contributed by atoms with Crippen LogP contribution in [0.2, 0.25) is 0 Å². The highest BCUT2D eigenvalue weighted by molar-refractivity contribution is 5.84. The molecule has 0 atom stereocenters. The average molecular weight is 261 g/mol. The number of hydrogen-bond acceptors (Lipinski definition) is 2. The third-order valence-corrected chi connectivity index (χ3v) is 3.86. The van der Waals surface area contributed by atoms with Gasteiger partial charge in [0.1, 0.15) is 0 Å². The summed E-state index contributed by atoms with van der Waals surface area (Å²) >= 11 is 0. The first kappa shape index (κ1) is 13.8. The van der Waals surface area contributed by atoms with Crippen molar-refractivity contribution in [2.45, 2.75) is 60.5 Å².